The highest BCUT2D eigenvalue weighted by Gasteiger charge is 2.26. The quantitative estimate of drug-likeness (QED) is 0.816. The Bertz CT molecular complexity index is 512. The summed E-state index contributed by atoms with van der Waals surface area (Å²) in [6, 6.07) is 2.30. The summed E-state index contributed by atoms with van der Waals surface area (Å²) in [5.41, 5.74) is 1.42. The number of rotatable bonds is 6. The van der Waals surface area contributed by atoms with Gasteiger partial charge in [0.25, 0.3) is 0 Å². The van der Waals surface area contributed by atoms with E-state index < -0.39 is 15.3 Å². The predicted molar refractivity (Wildman–Crippen MR) is 72.0 cm³/mol. The molecule has 2 N–H and O–H groups in total. The minimum absolute atomic E-state index is 0.460. The second-order valence-electron chi connectivity index (χ2n) is 4.83. The fourth-order valence-corrected chi connectivity index (χ4v) is 2.59. The van der Waals surface area contributed by atoms with Gasteiger partial charge in [0, 0.05) is 18.8 Å². The van der Waals surface area contributed by atoms with E-state index in [-0.39, 0.29) is 0 Å². The van der Waals surface area contributed by atoms with Gasteiger partial charge in [0.15, 0.2) is 0 Å². The van der Waals surface area contributed by atoms with Crippen LogP contribution in [0.5, 0.6) is 0 Å². The van der Waals surface area contributed by atoms with E-state index in [1.165, 1.54) is 6.20 Å². The normalized spacial score (nSPS) is 17.4. The second kappa shape index (κ2) is 5.24. The van der Waals surface area contributed by atoms with E-state index in [0.717, 1.165) is 18.4 Å². The topological polar surface area (TPSA) is 71.1 Å². The van der Waals surface area contributed by atoms with Crippen molar-refractivity contribution in [3.05, 3.63) is 24.0 Å². The molecule has 0 aromatic carbocycles. The van der Waals surface area contributed by atoms with Crippen molar-refractivity contribution in [1.29, 1.82) is 0 Å². The maximum atomic E-state index is 12.1. The van der Waals surface area contributed by atoms with Crippen molar-refractivity contribution in [3.8, 4) is 0 Å². The number of nitrogens with zero attached hydrogens (tertiary/aromatic N) is 1. The Morgan fingerprint density at radius 2 is 2.22 bits per heavy atom. The first kappa shape index (κ1) is 13.3. The summed E-state index contributed by atoms with van der Waals surface area (Å²) in [5, 5.41) is 2.77. The van der Waals surface area contributed by atoms with Gasteiger partial charge >= 0.3 is 0 Å². The highest BCUT2D eigenvalue weighted by molar-refractivity contribution is 7.93. The van der Waals surface area contributed by atoms with Crippen LogP contribution in [0.4, 0.5) is 5.69 Å². The molecular formula is C12H19N3O2S. The number of hydrogen-bond donors (Lipinski definition) is 2. The SMILES string of the molecule is Cc1ccncc1NS(=O)(=O)C(C)CNC1CC1. The molecule has 1 aliphatic carbocycles. The molecule has 2 rings (SSSR count). The Hall–Kier alpha value is -1.14. The van der Waals surface area contributed by atoms with Crippen LogP contribution in [0.2, 0.25) is 0 Å². The molecule has 0 bridgehead atoms. The van der Waals surface area contributed by atoms with Crippen molar-refractivity contribution in [2.45, 2.75) is 38.0 Å². The summed E-state index contributed by atoms with van der Waals surface area (Å²) in [5.74, 6) is 0. The number of hydrogen-bond acceptors (Lipinski definition) is 4. The molecule has 5 nitrogen and oxygen atoms in total. The second-order valence-corrected chi connectivity index (χ2v) is 6.93. The summed E-state index contributed by atoms with van der Waals surface area (Å²) in [6.45, 7) is 4.05. The van der Waals surface area contributed by atoms with Crippen LogP contribution in [0.1, 0.15) is 25.3 Å². The van der Waals surface area contributed by atoms with E-state index in [2.05, 4.69) is 15.0 Å². The average Bonchev–Trinajstić information content (AvgIpc) is 3.12. The van der Waals surface area contributed by atoms with Gasteiger partial charge in [-0.1, -0.05) is 0 Å². The largest absolute Gasteiger partial charge is 0.313 e. The van der Waals surface area contributed by atoms with E-state index in [0.29, 0.717) is 18.3 Å². The zero-order valence-electron chi connectivity index (χ0n) is 10.7. The average molecular weight is 269 g/mol. The summed E-state index contributed by atoms with van der Waals surface area (Å²) in [6.07, 6.45) is 5.49. The van der Waals surface area contributed by atoms with Crippen LogP contribution in [-0.4, -0.2) is 31.2 Å². The third kappa shape index (κ3) is 3.43. The first-order chi connectivity index (χ1) is 8.49. The van der Waals surface area contributed by atoms with E-state index >= 15 is 0 Å². The fourth-order valence-electron chi connectivity index (χ4n) is 1.55. The van der Waals surface area contributed by atoms with Gasteiger partial charge in [-0.25, -0.2) is 8.42 Å². The molecular weight excluding hydrogens is 250 g/mol. The Morgan fingerprint density at radius 3 is 2.83 bits per heavy atom. The van der Waals surface area contributed by atoms with Gasteiger partial charge in [0.1, 0.15) is 0 Å². The Kier molecular flexibility index (Phi) is 3.87. The number of anilines is 1. The van der Waals surface area contributed by atoms with Crippen LogP contribution in [0.3, 0.4) is 0 Å². The molecule has 1 unspecified atom stereocenters. The first-order valence-corrected chi connectivity index (χ1v) is 7.69. The van der Waals surface area contributed by atoms with Gasteiger partial charge in [-0.15, -0.1) is 0 Å². The highest BCUT2D eigenvalue weighted by Crippen LogP contribution is 2.19. The zero-order chi connectivity index (χ0) is 13.2. The highest BCUT2D eigenvalue weighted by atomic mass is 32.2. The zero-order valence-corrected chi connectivity index (χ0v) is 11.5. The lowest BCUT2D eigenvalue weighted by Gasteiger charge is -2.16. The van der Waals surface area contributed by atoms with Crippen LogP contribution >= 0.6 is 0 Å². The van der Waals surface area contributed by atoms with Crippen LogP contribution in [0, 0.1) is 6.92 Å². The molecule has 0 radical (unpaired) electrons. The predicted octanol–water partition coefficient (Wildman–Crippen LogP) is 1.27. The molecule has 1 aromatic rings. The monoisotopic (exact) mass is 269 g/mol. The molecule has 1 saturated carbocycles. The molecule has 1 aliphatic rings. The van der Waals surface area contributed by atoms with Crippen LogP contribution in [-0.2, 0) is 10.0 Å². The van der Waals surface area contributed by atoms with Gasteiger partial charge in [-0.3, -0.25) is 9.71 Å². The molecule has 6 heteroatoms. The van der Waals surface area contributed by atoms with E-state index in [4.69, 9.17) is 0 Å². The van der Waals surface area contributed by atoms with Crippen LogP contribution < -0.4 is 10.0 Å². The minimum atomic E-state index is -3.36. The van der Waals surface area contributed by atoms with E-state index in [9.17, 15) is 8.42 Å². The third-order valence-corrected chi connectivity index (χ3v) is 4.82. The van der Waals surface area contributed by atoms with Gasteiger partial charge in [-0.05, 0) is 38.3 Å². The van der Waals surface area contributed by atoms with Crippen molar-refractivity contribution in [3.63, 3.8) is 0 Å². The van der Waals surface area contributed by atoms with Crippen molar-refractivity contribution in [2.24, 2.45) is 0 Å². The van der Waals surface area contributed by atoms with Crippen molar-refractivity contribution in [2.75, 3.05) is 11.3 Å². The summed E-state index contributed by atoms with van der Waals surface area (Å²) < 4.78 is 26.8. The Balaban J connectivity index is 1.99. The fraction of sp³-hybridized carbons (Fsp3) is 0.583. The van der Waals surface area contributed by atoms with E-state index in [1.807, 2.05) is 6.92 Å². The third-order valence-electron chi connectivity index (χ3n) is 3.09. The number of sulfonamides is 1. The van der Waals surface area contributed by atoms with E-state index in [1.54, 1.807) is 19.2 Å². The molecule has 1 fully saturated rings. The summed E-state index contributed by atoms with van der Waals surface area (Å²) in [7, 11) is -3.36. The van der Waals surface area contributed by atoms with Gasteiger partial charge in [0.05, 0.1) is 17.1 Å². The number of aromatic nitrogens is 1. The Morgan fingerprint density at radius 1 is 1.50 bits per heavy atom. The number of pyridine rings is 1. The molecule has 100 valence electrons. The standard InChI is InChI=1S/C12H19N3O2S/c1-9-5-6-13-8-12(9)15-18(16,17)10(2)7-14-11-3-4-11/h5-6,8,10-11,14-15H,3-4,7H2,1-2H3. The molecule has 18 heavy (non-hydrogen) atoms. The minimum Gasteiger partial charge on any atom is -0.313 e. The lowest BCUT2D eigenvalue weighted by molar-refractivity contribution is 0.576. The Labute approximate surface area is 108 Å². The molecule has 1 aromatic heterocycles. The van der Waals surface area contributed by atoms with Crippen molar-refractivity contribution in [1.82, 2.24) is 10.3 Å². The molecule has 0 spiro atoms. The maximum absolute atomic E-state index is 12.1. The molecule has 0 amide bonds. The van der Waals surface area contributed by atoms with Crippen LogP contribution in [0.25, 0.3) is 0 Å². The first-order valence-electron chi connectivity index (χ1n) is 6.14. The molecule has 1 atom stereocenters. The lowest BCUT2D eigenvalue weighted by Crippen LogP contribution is -2.35. The maximum Gasteiger partial charge on any atom is 0.236 e. The van der Waals surface area contributed by atoms with Crippen molar-refractivity contribution < 1.29 is 8.42 Å². The van der Waals surface area contributed by atoms with Crippen LogP contribution in [0.15, 0.2) is 18.5 Å². The lowest BCUT2D eigenvalue weighted by atomic mass is 10.3. The molecule has 1 heterocycles. The summed E-state index contributed by atoms with van der Waals surface area (Å²) >= 11 is 0. The van der Waals surface area contributed by atoms with Crippen molar-refractivity contribution >= 4 is 15.7 Å². The van der Waals surface area contributed by atoms with Gasteiger partial charge in [0.2, 0.25) is 10.0 Å². The molecule has 0 aliphatic heterocycles. The van der Waals surface area contributed by atoms with Gasteiger partial charge < -0.3 is 5.32 Å². The smallest absolute Gasteiger partial charge is 0.236 e. The van der Waals surface area contributed by atoms with Gasteiger partial charge in [-0.2, -0.15) is 0 Å². The molecule has 0 saturated heterocycles. The number of aryl methyl sites for hydroxylation is 1. The summed E-state index contributed by atoms with van der Waals surface area (Å²) in [4.78, 5) is 3.93. The number of nitrogens with one attached hydrogen (secondary N) is 2.